The third-order valence-corrected chi connectivity index (χ3v) is 4.33. The molecule has 1 unspecified atom stereocenters. The van der Waals surface area contributed by atoms with Gasteiger partial charge in [0, 0.05) is 23.3 Å². The standard InChI is InChI=1S/C16H19ClN2S/c1-3-19-16(10-13-8-9-18-11-15(13)17)12-4-6-14(20-2)7-5-12/h4-9,11,16,19H,3,10H2,1-2H3. The third-order valence-electron chi connectivity index (χ3n) is 3.25. The number of rotatable bonds is 6. The van der Waals surface area contributed by atoms with Crippen LogP contribution in [0.3, 0.4) is 0 Å². The molecule has 1 aromatic heterocycles. The van der Waals surface area contributed by atoms with Gasteiger partial charge in [-0.05, 0) is 48.5 Å². The number of hydrogen-bond donors (Lipinski definition) is 1. The molecule has 0 spiro atoms. The molecular weight excluding hydrogens is 288 g/mol. The first-order valence-electron chi connectivity index (χ1n) is 6.70. The van der Waals surface area contributed by atoms with Crippen molar-refractivity contribution in [3.63, 3.8) is 0 Å². The number of aromatic nitrogens is 1. The van der Waals surface area contributed by atoms with Gasteiger partial charge in [0.05, 0.1) is 5.02 Å². The van der Waals surface area contributed by atoms with Crippen LogP contribution in [0.15, 0.2) is 47.6 Å². The molecule has 2 nitrogen and oxygen atoms in total. The zero-order valence-corrected chi connectivity index (χ0v) is 13.3. The Hall–Kier alpha value is -1.03. The topological polar surface area (TPSA) is 24.9 Å². The lowest BCUT2D eigenvalue weighted by atomic mass is 9.99. The fourth-order valence-electron chi connectivity index (χ4n) is 2.18. The van der Waals surface area contributed by atoms with Gasteiger partial charge in [-0.15, -0.1) is 11.8 Å². The van der Waals surface area contributed by atoms with Crippen LogP contribution in [0, 0.1) is 0 Å². The molecule has 2 aromatic rings. The van der Waals surface area contributed by atoms with Crippen LogP contribution in [0.1, 0.15) is 24.1 Å². The van der Waals surface area contributed by atoms with Gasteiger partial charge in [-0.2, -0.15) is 0 Å². The number of hydrogen-bond acceptors (Lipinski definition) is 3. The molecule has 1 aromatic carbocycles. The van der Waals surface area contributed by atoms with Crippen molar-refractivity contribution in [2.75, 3.05) is 12.8 Å². The van der Waals surface area contributed by atoms with Crippen molar-refractivity contribution in [2.45, 2.75) is 24.3 Å². The second-order valence-corrected chi connectivity index (χ2v) is 5.84. The Kier molecular flexibility index (Phi) is 5.89. The Bertz CT molecular complexity index is 542. The highest BCUT2D eigenvalue weighted by Gasteiger charge is 2.13. The summed E-state index contributed by atoms with van der Waals surface area (Å²) in [6.45, 7) is 3.05. The minimum absolute atomic E-state index is 0.274. The maximum Gasteiger partial charge on any atom is 0.0622 e. The van der Waals surface area contributed by atoms with Crippen molar-refractivity contribution in [2.24, 2.45) is 0 Å². The fraction of sp³-hybridized carbons (Fsp3) is 0.312. The van der Waals surface area contributed by atoms with Crippen LogP contribution < -0.4 is 5.32 Å². The highest BCUT2D eigenvalue weighted by Crippen LogP contribution is 2.24. The van der Waals surface area contributed by atoms with Gasteiger partial charge in [0.15, 0.2) is 0 Å². The normalized spacial score (nSPS) is 12.3. The van der Waals surface area contributed by atoms with Crippen molar-refractivity contribution in [1.29, 1.82) is 0 Å². The van der Waals surface area contributed by atoms with Gasteiger partial charge in [0.2, 0.25) is 0 Å². The Labute approximate surface area is 130 Å². The van der Waals surface area contributed by atoms with Gasteiger partial charge >= 0.3 is 0 Å². The lowest BCUT2D eigenvalue weighted by Crippen LogP contribution is -2.23. The Morgan fingerprint density at radius 3 is 2.60 bits per heavy atom. The van der Waals surface area contributed by atoms with Gasteiger partial charge in [-0.3, -0.25) is 4.98 Å². The van der Waals surface area contributed by atoms with E-state index in [1.54, 1.807) is 24.2 Å². The average Bonchev–Trinajstić information content (AvgIpc) is 2.49. The number of nitrogens with zero attached hydrogens (tertiary/aromatic N) is 1. The molecule has 0 aliphatic heterocycles. The second kappa shape index (κ2) is 7.67. The predicted octanol–water partition coefficient (Wildman–Crippen LogP) is 4.35. The van der Waals surface area contributed by atoms with Crippen LogP contribution in [-0.2, 0) is 6.42 Å². The summed E-state index contributed by atoms with van der Waals surface area (Å²) in [5.41, 5.74) is 2.42. The zero-order chi connectivity index (χ0) is 14.4. The van der Waals surface area contributed by atoms with Crippen molar-refractivity contribution < 1.29 is 0 Å². The van der Waals surface area contributed by atoms with Gasteiger partial charge in [0.25, 0.3) is 0 Å². The van der Waals surface area contributed by atoms with E-state index in [0.29, 0.717) is 0 Å². The molecule has 20 heavy (non-hydrogen) atoms. The van der Waals surface area contributed by atoms with Crippen LogP contribution in [0.5, 0.6) is 0 Å². The molecule has 1 atom stereocenters. The monoisotopic (exact) mass is 306 g/mol. The fourth-order valence-corrected chi connectivity index (χ4v) is 2.78. The van der Waals surface area contributed by atoms with Crippen molar-refractivity contribution in [3.8, 4) is 0 Å². The van der Waals surface area contributed by atoms with Crippen LogP contribution in [0.4, 0.5) is 0 Å². The average molecular weight is 307 g/mol. The summed E-state index contributed by atoms with van der Waals surface area (Å²) in [6, 6.07) is 11.0. The van der Waals surface area contributed by atoms with E-state index in [-0.39, 0.29) is 6.04 Å². The molecule has 0 aliphatic rings. The van der Waals surface area contributed by atoms with Gasteiger partial charge in [0.1, 0.15) is 0 Å². The van der Waals surface area contributed by atoms with E-state index in [1.807, 2.05) is 6.07 Å². The SMILES string of the molecule is CCNC(Cc1ccncc1Cl)c1ccc(SC)cc1. The molecule has 0 saturated carbocycles. The highest BCUT2D eigenvalue weighted by molar-refractivity contribution is 7.98. The molecule has 1 N–H and O–H groups in total. The smallest absolute Gasteiger partial charge is 0.0622 e. The van der Waals surface area contributed by atoms with E-state index in [2.05, 4.69) is 47.7 Å². The predicted molar refractivity (Wildman–Crippen MR) is 87.6 cm³/mol. The van der Waals surface area contributed by atoms with E-state index >= 15 is 0 Å². The quantitative estimate of drug-likeness (QED) is 0.803. The van der Waals surface area contributed by atoms with Crippen LogP contribution >= 0.6 is 23.4 Å². The third kappa shape index (κ3) is 3.98. The number of nitrogens with one attached hydrogen (secondary N) is 1. The van der Waals surface area contributed by atoms with Crippen molar-refractivity contribution in [1.82, 2.24) is 10.3 Å². The van der Waals surface area contributed by atoms with Crippen LogP contribution in [0.2, 0.25) is 5.02 Å². The molecule has 2 rings (SSSR count). The van der Waals surface area contributed by atoms with Crippen LogP contribution in [-0.4, -0.2) is 17.8 Å². The number of thioether (sulfide) groups is 1. The molecule has 0 aliphatic carbocycles. The number of likely N-dealkylation sites (N-methyl/N-ethyl adjacent to an activating group) is 1. The summed E-state index contributed by atoms with van der Waals surface area (Å²) in [5, 5.41) is 4.26. The van der Waals surface area contributed by atoms with E-state index in [4.69, 9.17) is 11.6 Å². The summed E-state index contributed by atoms with van der Waals surface area (Å²) in [5.74, 6) is 0. The summed E-state index contributed by atoms with van der Waals surface area (Å²) < 4.78 is 0. The van der Waals surface area contributed by atoms with E-state index in [9.17, 15) is 0 Å². The Morgan fingerprint density at radius 1 is 1.25 bits per heavy atom. The minimum atomic E-state index is 0.274. The summed E-state index contributed by atoms with van der Waals surface area (Å²) >= 11 is 7.97. The molecule has 0 fully saturated rings. The molecule has 0 amide bonds. The summed E-state index contributed by atoms with van der Waals surface area (Å²) in [7, 11) is 0. The maximum absolute atomic E-state index is 6.21. The lowest BCUT2D eigenvalue weighted by Gasteiger charge is -2.19. The molecule has 106 valence electrons. The molecular formula is C16H19ClN2S. The molecule has 1 heterocycles. The number of benzene rings is 1. The van der Waals surface area contributed by atoms with E-state index in [0.717, 1.165) is 23.6 Å². The van der Waals surface area contributed by atoms with Gasteiger partial charge in [-0.25, -0.2) is 0 Å². The summed E-state index contributed by atoms with van der Waals surface area (Å²) in [4.78, 5) is 5.32. The van der Waals surface area contributed by atoms with Crippen molar-refractivity contribution >= 4 is 23.4 Å². The highest BCUT2D eigenvalue weighted by atomic mass is 35.5. The number of halogens is 1. The molecule has 0 bridgehead atoms. The Balaban J connectivity index is 2.19. The Morgan fingerprint density at radius 2 is 2.00 bits per heavy atom. The van der Waals surface area contributed by atoms with E-state index < -0.39 is 0 Å². The maximum atomic E-state index is 6.21. The first kappa shape index (κ1) is 15.4. The lowest BCUT2D eigenvalue weighted by molar-refractivity contribution is 0.549. The molecule has 4 heteroatoms. The molecule has 0 radical (unpaired) electrons. The van der Waals surface area contributed by atoms with Crippen LogP contribution in [0.25, 0.3) is 0 Å². The van der Waals surface area contributed by atoms with E-state index in [1.165, 1.54) is 10.5 Å². The zero-order valence-electron chi connectivity index (χ0n) is 11.8. The minimum Gasteiger partial charge on any atom is -0.310 e. The van der Waals surface area contributed by atoms with Crippen molar-refractivity contribution in [3.05, 3.63) is 58.9 Å². The summed E-state index contributed by atoms with van der Waals surface area (Å²) in [6.07, 6.45) is 6.46. The number of pyridine rings is 1. The molecule has 0 saturated heterocycles. The first-order valence-corrected chi connectivity index (χ1v) is 8.30. The first-order chi connectivity index (χ1) is 9.74. The largest absolute Gasteiger partial charge is 0.310 e. The van der Waals surface area contributed by atoms with Gasteiger partial charge < -0.3 is 5.32 Å². The van der Waals surface area contributed by atoms with Gasteiger partial charge in [-0.1, -0.05) is 30.7 Å². The second-order valence-electron chi connectivity index (χ2n) is 4.55.